The number of morpholine rings is 1. The van der Waals surface area contributed by atoms with Crippen molar-refractivity contribution in [1.82, 2.24) is 14.6 Å². The Morgan fingerprint density at radius 2 is 1.82 bits per heavy atom. The average molecular weight is 441 g/mol. The molecule has 4 aromatic rings. The zero-order chi connectivity index (χ0) is 22.6. The molecule has 0 saturated carbocycles. The molecule has 0 aliphatic carbocycles. The molecule has 166 valence electrons. The number of rotatable bonds is 6. The Morgan fingerprint density at radius 1 is 1.00 bits per heavy atom. The monoisotopic (exact) mass is 441 g/mol. The van der Waals surface area contributed by atoms with Crippen LogP contribution in [-0.2, 0) is 11.3 Å². The average Bonchev–Trinajstić information content (AvgIpc) is 3.29. The molecule has 1 fully saturated rings. The number of ether oxygens (including phenoxy) is 1. The van der Waals surface area contributed by atoms with E-state index in [1.165, 1.54) is 0 Å². The van der Waals surface area contributed by atoms with Gasteiger partial charge in [0, 0.05) is 37.0 Å². The molecule has 0 amide bonds. The van der Waals surface area contributed by atoms with Crippen molar-refractivity contribution in [3.63, 3.8) is 0 Å². The van der Waals surface area contributed by atoms with Gasteiger partial charge < -0.3 is 19.7 Å². The lowest BCUT2D eigenvalue weighted by Gasteiger charge is -2.29. The molecule has 8 nitrogen and oxygen atoms in total. The second-order valence-electron chi connectivity index (χ2n) is 7.88. The highest BCUT2D eigenvalue weighted by molar-refractivity contribution is 6.58. The quantitative estimate of drug-likeness (QED) is 0.348. The zero-order valence-corrected chi connectivity index (χ0v) is 18.1. The van der Waals surface area contributed by atoms with Crippen molar-refractivity contribution in [2.75, 3.05) is 31.2 Å². The topological polar surface area (TPSA) is 95.5 Å². The smallest absolute Gasteiger partial charge is 0.423 e. The lowest BCUT2D eigenvalue weighted by atomic mass is 9.80. The third-order valence-corrected chi connectivity index (χ3v) is 5.57. The molecule has 0 unspecified atom stereocenters. The Hall–Kier alpha value is -3.53. The van der Waals surface area contributed by atoms with Crippen LogP contribution < -0.4 is 10.4 Å². The van der Waals surface area contributed by atoms with Crippen LogP contribution in [0.25, 0.3) is 16.9 Å². The minimum Gasteiger partial charge on any atom is -0.423 e. The van der Waals surface area contributed by atoms with Gasteiger partial charge in [-0.3, -0.25) is 4.99 Å². The van der Waals surface area contributed by atoms with Gasteiger partial charge in [-0.25, -0.2) is 4.98 Å². The molecule has 2 aromatic carbocycles. The van der Waals surface area contributed by atoms with Gasteiger partial charge >= 0.3 is 7.12 Å². The number of fused-ring (bicyclic) bond motifs is 1. The minimum atomic E-state index is -1.50. The predicted octanol–water partition coefficient (Wildman–Crippen LogP) is 1.53. The molecular formula is C24H24BN5O3. The molecule has 2 aromatic heterocycles. The van der Waals surface area contributed by atoms with E-state index in [0.717, 1.165) is 47.1 Å². The van der Waals surface area contributed by atoms with Crippen LogP contribution in [0.5, 0.6) is 0 Å². The van der Waals surface area contributed by atoms with Crippen molar-refractivity contribution in [2.24, 2.45) is 4.99 Å². The summed E-state index contributed by atoms with van der Waals surface area (Å²) in [6.45, 7) is 3.33. The summed E-state index contributed by atoms with van der Waals surface area (Å²) in [5, 5.41) is 23.6. The van der Waals surface area contributed by atoms with Gasteiger partial charge in [0.25, 0.3) is 0 Å². The van der Waals surface area contributed by atoms with Gasteiger partial charge in [0.05, 0.1) is 31.1 Å². The Balaban J connectivity index is 1.47. The normalized spacial score (nSPS) is 14.3. The van der Waals surface area contributed by atoms with Crippen molar-refractivity contribution in [3.05, 3.63) is 78.0 Å². The van der Waals surface area contributed by atoms with Crippen molar-refractivity contribution in [3.8, 4) is 11.3 Å². The molecule has 1 saturated heterocycles. The fourth-order valence-electron chi connectivity index (χ4n) is 3.90. The second-order valence-corrected chi connectivity index (χ2v) is 7.88. The van der Waals surface area contributed by atoms with E-state index >= 15 is 0 Å². The summed E-state index contributed by atoms with van der Waals surface area (Å²) in [5.74, 6) is 0.973. The first-order chi connectivity index (χ1) is 16.2. The second kappa shape index (κ2) is 9.54. The van der Waals surface area contributed by atoms with Crippen LogP contribution in [0.1, 0.15) is 11.3 Å². The van der Waals surface area contributed by atoms with Crippen LogP contribution in [0, 0.1) is 0 Å². The highest BCUT2D eigenvalue weighted by atomic mass is 16.5. The third-order valence-electron chi connectivity index (χ3n) is 5.57. The summed E-state index contributed by atoms with van der Waals surface area (Å²) in [6, 6.07) is 21.1. The number of aromatic nitrogens is 3. The van der Waals surface area contributed by atoms with Crippen LogP contribution in [-0.4, -0.2) is 64.3 Å². The first kappa shape index (κ1) is 21.3. The largest absolute Gasteiger partial charge is 0.488 e. The van der Waals surface area contributed by atoms with Crippen molar-refractivity contribution in [2.45, 2.75) is 6.54 Å². The highest BCUT2D eigenvalue weighted by Crippen LogP contribution is 2.24. The summed E-state index contributed by atoms with van der Waals surface area (Å²) in [6.07, 6.45) is 1.72. The van der Waals surface area contributed by atoms with E-state index in [0.29, 0.717) is 25.2 Å². The number of nitrogens with zero attached hydrogens (tertiary/aromatic N) is 5. The Bertz CT molecular complexity index is 1270. The summed E-state index contributed by atoms with van der Waals surface area (Å²) in [5.41, 5.74) is 4.75. The Kier molecular flexibility index (Phi) is 6.16. The molecule has 0 spiro atoms. The molecular weight excluding hydrogens is 417 g/mol. The van der Waals surface area contributed by atoms with Crippen LogP contribution in [0.2, 0.25) is 0 Å². The van der Waals surface area contributed by atoms with E-state index in [1.807, 2.05) is 53.0 Å². The molecule has 1 aliphatic rings. The number of benzene rings is 2. The van der Waals surface area contributed by atoms with E-state index in [9.17, 15) is 10.0 Å². The number of aliphatic imine (C=N–C) groups is 1. The lowest BCUT2D eigenvalue weighted by molar-refractivity contribution is 0.122. The van der Waals surface area contributed by atoms with Gasteiger partial charge in [-0.2, -0.15) is 9.61 Å². The molecule has 0 atom stereocenters. The molecule has 0 bridgehead atoms. The summed E-state index contributed by atoms with van der Waals surface area (Å²) in [7, 11) is -1.50. The molecule has 5 rings (SSSR count). The van der Waals surface area contributed by atoms with E-state index in [-0.39, 0.29) is 0 Å². The van der Waals surface area contributed by atoms with E-state index in [1.54, 1.807) is 24.4 Å². The summed E-state index contributed by atoms with van der Waals surface area (Å²) in [4.78, 5) is 11.6. The SMILES string of the molecule is OB(O)c1cccc(C=NCc2cc(N3CCOCC3)n3nc(-c4ccccc4)cc3n2)c1. The Labute approximate surface area is 192 Å². The molecule has 33 heavy (non-hydrogen) atoms. The van der Waals surface area contributed by atoms with E-state index in [2.05, 4.69) is 9.89 Å². The van der Waals surface area contributed by atoms with Crippen LogP contribution in [0.4, 0.5) is 5.82 Å². The fourth-order valence-corrected chi connectivity index (χ4v) is 3.90. The Morgan fingerprint density at radius 3 is 2.61 bits per heavy atom. The van der Waals surface area contributed by atoms with Crippen molar-refractivity contribution >= 4 is 30.3 Å². The van der Waals surface area contributed by atoms with Gasteiger partial charge in [0.1, 0.15) is 5.82 Å². The van der Waals surface area contributed by atoms with Gasteiger partial charge in [0.2, 0.25) is 0 Å². The maximum Gasteiger partial charge on any atom is 0.488 e. The number of hydrogen-bond donors (Lipinski definition) is 2. The van der Waals surface area contributed by atoms with E-state index < -0.39 is 7.12 Å². The van der Waals surface area contributed by atoms with E-state index in [4.69, 9.17) is 14.8 Å². The highest BCUT2D eigenvalue weighted by Gasteiger charge is 2.18. The lowest BCUT2D eigenvalue weighted by Crippen LogP contribution is -2.37. The van der Waals surface area contributed by atoms with Gasteiger partial charge in [-0.15, -0.1) is 0 Å². The molecule has 0 radical (unpaired) electrons. The third kappa shape index (κ3) is 4.80. The van der Waals surface area contributed by atoms with Crippen LogP contribution in [0.3, 0.4) is 0 Å². The maximum atomic E-state index is 9.37. The predicted molar refractivity (Wildman–Crippen MR) is 129 cm³/mol. The first-order valence-electron chi connectivity index (χ1n) is 10.9. The first-order valence-corrected chi connectivity index (χ1v) is 10.9. The summed E-state index contributed by atoms with van der Waals surface area (Å²) < 4.78 is 7.43. The van der Waals surface area contributed by atoms with Gasteiger partial charge in [0.15, 0.2) is 5.65 Å². The minimum absolute atomic E-state index is 0.394. The molecule has 3 heterocycles. The molecule has 9 heteroatoms. The maximum absolute atomic E-state index is 9.37. The van der Waals surface area contributed by atoms with Gasteiger partial charge in [-0.1, -0.05) is 54.6 Å². The zero-order valence-electron chi connectivity index (χ0n) is 18.1. The molecule has 2 N–H and O–H groups in total. The summed E-state index contributed by atoms with van der Waals surface area (Å²) >= 11 is 0. The number of anilines is 1. The molecule has 1 aliphatic heterocycles. The van der Waals surface area contributed by atoms with Crippen LogP contribution >= 0.6 is 0 Å². The van der Waals surface area contributed by atoms with Crippen molar-refractivity contribution < 1.29 is 14.8 Å². The van der Waals surface area contributed by atoms with Gasteiger partial charge in [-0.05, 0) is 11.0 Å². The number of hydrogen-bond acceptors (Lipinski definition) is 7. The standard InChI is InChI=1S/C24H24BN5O3/c31-25(32)20-8-4-5-18(13-20)16-26-17-21-14-24(29-9-11-33-12-10-29)30-23(27-21)15-22(28-30)19-6-2-1-3-7-19/h1-8,13-16,31-32H,9-12,17H2. The van der Waals surface area contributed by atoms with Crippen LogP contribution in [0.15, 0.2) is 71.7 Å². The fraction of sp³-hybridized carbons (Fsp3) is 0.208. The van der Waals surface area contributed by atoms with Crippen molar-refractivity contribution in [1.29, 1.82) is 0 Å².